The number of nitrogen functional groups attached to an aromatic ring is 1. The molecule has 0 bridgehead atoms. The van der Waals surface area contributed by atoms with E-state index >= 15 is 0 Å². The van der Waals surface area contributed by atoms with Crippen molar-refractivity contribution in [3.05, 3.63) is 46.1 Å². The number of ether oxygens (including phenoxy) is 1. The van der Waals surface area contributed by atoms with Gasteiger partial charge in [0.1, 0.15) is 10.9 Å². The van der Waals surface area contributed by atoms with E-state index in [0.717, 1.165) is 5.56 Å². The molecule has 88 valence electrons. The molecule has 0 saturated heterocycles. The molecular formula is C12H10Cl2N2O. The second-order valence-electron chi connectivity index (χ2n) is 3.54. The number of rotatable bonds is 2. The van der Waals surface area contributed by atoms with Crippen molar-refractivity contribution in [2.24, 2.45) is 0 Å². The van der Waals surface area contributed by atoms with E-state index in [9.17, 15) is 0 Å². The van der Waals surface area contributed by atoms with Crippen molar-refractivity contribution in [1.82, 2.24) is 4.98 Å². The topological polar surface area (TPSA) is 48.1 Å². The Balaban J connectivity index is 2.34. The zero-order valence-corrected chi connectivity index (χ0v) is 10.6. The van der Waals surface area contributed by atoms with Gasteiger partial charge >= 0.3 is 0 Å². The summed E-state index contributed by atoms with van der Waals surface area (Å²) in [6.07, 6.45) is 0. The molecule has 3 nitrogen and oxygen atoms in total. The van der Waals surface area contributed by atoms with Crippen molar-refractivity contribution in [3.8, 4) is 11.6 Å². The summed E-state index contributed by atoms with van der Waals surface area (Å²) in [5.41, 5.74) is 7.08. The Morgan fingerprint density at radius 2 is 1.94 bits per heavy atom. The van der Waals surface area contributed by atoms with Crippen molar-refractivity contribution in [2.75, 3.05) is 5.73 Å². The summed E-state index contributed by atoms with van der Waals surface area (Å²) < 4.78 is 5.60. The molecule has 2 rings (SSSR count). The summed E-state index contributed by atoms with van der Waals surface area (Å²) in [7, 11) is 0. The molecule has 0 aliphatic heterocycles. The molecule has 0 aliphatic rings. The SMILES string of the molecule is Cc1cc(Cl)ccc1Oc1nc(Cl)ccc1N. The van der Waals surface area contributed by atoms with Crippen LogP contribution in [0, 0.1) is 6.92 Å². The summed E-state index contributed by atoms with van der Waals surface area (Å²) in [4.78, 5) is 4.02. The normalized spacial score (nSPS) is 10.3. The van der Waals surface area contributed by atoms with Crippen molar-refractivity contribution < 1.29 is 4.74 Å². The summed E-state index contributed by atoms with van der Waals surface area (Å²) in [5, 5.41) is 0.989. The molecule has 1 aromatic carbocycles. The van der Waals surface area contributed by atoms with E-state index in [1.54, 1.807) is 30.3 Å². The van der Waals surface area contributed by atoms with Crippen LogP contribution in [0.4, 0.5) is 5.69 Å². The van der Waals surface area contributed by atoms with Gasteiger partial charge in [0, 0.05) is 5.02 Å². The lowest BCUT2D eigenvalue weighted by atomic mass is 10.2. The van der Waals surface area contributed by atoms with E-state index in [1.807, 2.05) is 6.92 Å². The van der Waals surface area contributed by atoms with E-state index < -0.39 is 0 Å². The molecule has 0 fully saturated rings. The second kappa shape index (κ2) is 4.82. The van der Waals surface area contributed by atoms with Gasteiger partial charge in [-0.1, -0.05) is 23.2 Å². The zero-order chi connectivity index (χ0) is 12.4. The Morgan fingerprint density at radius 3 is 2.65 bits per heavy atom. The van der Waals surface area contributed by atoms with Gasteiger partial charge in [0.25, 0.3) is 0 Å². The fourth-order valence-electron chi connectivity index (χ4n) is 1.34. The van der Waals surface area contributed by atoms with Gasteiger partial charge < -0.3 is 10.5 Å². The third kappa shape index (κ3) is 2.81. The van der Waals surface area contributed by atoms with Crippen LogP contribution in [-0.2, 0) is 0 Å². The highest BCUT2D eigenvalue weighted by Crippen LogP contribution is 2.30. The minimum absolute atomic E-state index is 0.294. The van der Waals surface area contributed by atoms with E-state index in [4.69, 9.17) is 33.7 Å². The third-order valence-corrected chi connectivity index (χ3v) is 2.64. The Kier molecular flexibility index (Phi) is 3.41. The van der Waals surface area contributed by atoms with Gasteiger partial charge in [0.05, 0.1) is 5.69 Å². The van der Waals surface area contributed by atoms with Crippen LogP contribution in [0.2, 0.25) is 10.2 Å². The molecule has 1 heterocycles. The highest BCUT2D eigenvalue weighted by Gasteiger charge is 2.07. The van der Waals surface area contributed by atoms with Crippen molar-refractivity contribution in [3.63, 3.8) is 0 Å². The molecule has 0 unspecified atom stereocenters. The molecule has 0 atom stereocenters. The Labute approximate surface area is 109 Å². The lowest BCUT2D eigenvalue weighted by Crippen LogP contribution is -1.96. The second-order valence-corrected chi connectivity index (χ2v) is 4.36. The number of hydrogen-bond donors (Lipinski definition) is 1. The predicted octanol–water partition coefficient (Wildman–Crippen LogP) is 4.07. The van der Waals surface area contributed by atoms with Crippen molar-refractivity contribution in [1.29, 1.82) is 0 Å². The number of aryl methyl sites for hydroxylation is 1. The van der Waals surface area contributed by atoms with Crippen LogP contribution >= 0.6 is 23.2 Å². The van der Waals surface area contributed by atoms with E-state index in [-0.39, 0.29) is 0 Å². The number of halogens is 2. The monoisotopic (exact) mass is 268 g/mol. The van der Waals surface area contributed by atoms with Crippen LogP contribution in [0.3, 0.4) is 0 Å². The van der Waals surface area contributed by atoms with Gasteiger partial charge in [-0.05, 0) is 42.8 Å². The third-order valence-electron chi connectivity index (χ3n) is 2.20. The van der Waals surface area contributed by atoms with Crippen LogP contribution < -0.4 is 10.5 Å². The molecule has 0 spiro atoms. The first kappa shape index (κ1) is 12.0. The smallest absolute Gasteiger partial charge is 0.244 e. The first-order chi connectivity index (χ1) is 8.06. The molecule has 0 radical (unpaired) electrons. The summed E-state index contributed by atoms with van der Waals surface area (Å²) in [6, 6.07) is 8.57. The van der Waals surface area contributed by atoms with Crippen molar-refractivity contribution in [2.45, 2.75) is 6.92 Å². The zero-order valence-electron chi connectivity index (χ0n) is 9.08. The Morgan fingerprint density at radius 1 is 1.18 bits per heavy atom. The van der Waals surface area contributed by atoms with Gasteiger partial charge in [0.15, 0.2) is 0 Å². The highest BCUT2D eigenvalue weighted by molar-refractivity contribution is 6.30. The standard InChI is InChI=1S/C12H10Cl2N2O/c1-7-6-8(13)2-4-10(7)17-12-9(15)3-5-11(14)16-12/h2-6H,15H2,1H3. The molecule has 17 heavy (non-hydrogen) atoms. The summed E-state index contributed by atoms with van der Waals surface area (Å²) >= 11 is 11.6. The number of aromatic nitrogens is 1. The summed E-state index contributed by atoms with van der Waals surface area (Å²) in [5.74, 6) is 0.943. The first-order valence-electron chi connectivity index (χ1n) is 4.92. The Hall–Kier alpha value is -1.45. The maximum Gasteiger partial charge on any atom is 0.244 e. The van der Waals surface area contributed by atoms with Crippen LogP contribution in [0.15, 0.2) is 30.3 Å². The van der Waals surface area contributed by atoms with E-state index in [1.165, 1.54) is 0 Å². The highest BCUT2D eigenvalue weighted by atomic mass is 35.5. The Bertz CT molecular complexity index is 558. The van der Waals surface area contributed by atoms with Gasteiger partial charge in [-0.15, -0.1) is 0 Å². The van der Waals surface area contributed by atoms with Crippen molar-refractivity contribution >= 4 is 28.9 Å². The fourth-order valence-corrected chi connectivity index (χ4v) is 1.71. The molecular weight excluding hydrogens is 259 g/mol. The lowest BCUT2D eigenvalue weighted by Gasteiger charge is -2.09. The van der Waals surface area contributed by atoms with Crippen LogP contribution in [0.5, 0.6) is 11.6 Å². The minimum atomic E-state index is 0.294. The maximum absolute atomic E-state index is 5.86. The minimum Gasteiger partial charge on any atom is -0.437 e. The molecule has 1 aromatic heterocycles. The molecule has 2 N–H and O–H groups in total. The number of nitrogens with two attached hydrogens (primary N) is 1. The van der Waals surface area contributed by atoms with Gasteiger partial charge in [-0.2, -0.15) is 4.98 Å². The van der Waals surface area contributed by atoms with Gasteiger partial charge in [-0.3, -0.25) is 0 Å². The first-order valence-corrected chi connectivity index (χ1v) is 5.68. The maximum atomic E-state index is 5.86. The van der Waals surface area contributed by atoms with Crippen LogP contribution in [0.25, 0.3) is 0 Å². The number of hydrogen-bond acceptors (Lipinski definition) is 3. The van der Waals surface area contributed by atoms with E-state index in [0.29, 0.717) is 27.5 Å². The van der Waals surface area contributed by atoms with E-state index in [2.05, 4.69) is 4.98 Å². The molecule has 2 aromatic rings. The van der Waals surface area contributed by atoms with Crippen LogP contribution in [-0.4, -0.2) is 4.98 Å². The van der Waals surface area contributed by atoms with Crippen LogP contribution in [0.1, 0.15) is 5.56 Å². The number of benzene rings is 1. The van der Waals surface area contributed by atoms with Gasteiger partial charge in [-0.25, -0.2) is 0 Å². The number of anilines is 1. The quantitative estimate of drug-likeness (QED) is 0.836. The molecule has 0 amide bonds. The fraction of sp³-hybridized carbons (Fsp3) is 0.0833. The summed E-state index contributed by atoms with van der Waals surface area (Å²) in [6.45, 7) is 1.89. The predicted molar refractivity (Wildman–Crippen MR) is 69.9 cm³/mol. The largest absolute Gasteiger partial charge is 0.437 e. The average Bonchev–Trinajstić information content (AvgIpc) is 2.27. The van der Waals surface area contributed by atoms with Gasteiger partial charge in [0.2, 0.25) is 5.88 Å². The number of pyridine rings is 1. The molecule has 5 heteroatoms. The lowest BCUT2D eigenvalue weighted by molar-refractivity contribution is 0.462. The average molecular weight is 269 g/mol. The number of nitrogens with zero attached hydrogens (tertiary/aromatic N) is 1. The molecule has 0 aliphatic carbocycles. The molecule has 0 saturated carbocycles.